The molecule has 0 unspecified atom stereocenters. The Morgan fingerprint density at radius 3 is 2.55 bits per heavy atom. The van der Waals surface area contributed by atoms with E-state index in [1.807, 2.05) is 30.8 Å². The second-order valence-corrected chi connectivity index (χ2v) is 4.81. The number of hydrogen-bond acceptors (Lipinski definition) is 3. The van der Waals surface area contributed by atoms with E-state index in [2.05, 4.69) is 35.7 Å². The lowest BCUT2D eigenvalue weighted by Gasteiger charge is -2.06. The third-order valence-corrected chi connectivity index (χ3v) is 3.21. The van der Waals surface area contributed by atoms with E-state index in [4.69, 9.17) is 4.74 Å². The van der Waals surface area contributed by atoms with Crippen LogP contribution < -0.4 is 10.1 Å². The van der Waals surface area contributed by atoms with Crippen LogP contribution in [0.3, 0.4) is 0 Å². The fourth-order valence-electron chi connectivity index (χ4n) is 2.24. The van der Waals surface area contributed by atoms with Crippen molar-refractivity contribution >= 4 is 0 Å². The highest BCUT2D eigenvalue weighted by Crippen LogP contribution is 2.12. The fourth-order valence-corrected chi connectivity index (χ4v) is 2.24. The van der Waals surface area contributed by atoms with Crippen LogP contribution in [-0.4, -0.2) is 16.4 Å². The molecule has 108 valence electrons. The largest absolute Gasteiger partial charge is 0.494 e. The second kappa shape index (κ2) is 7.10. The van der Waals surface area contributed by atoms with Gasteiger partial charge >= 0.3 is 0 Å². The first-order chi connectivity index (χ1) is 9.72. The zero-order valence-corrected chi connectivity index (χ0v) is 12.5. The van der Waals surface area contributed by atoms with Gasteiger partial charge in [-0.15, -0.1) is 0 Å². The molecule has 0 aliphatic rings. The first-order valence-corrected chi connectivity index (χ1v) is 7.16. The van der Waals surface area contributed by atoms with Gasteiger partial charge in [-0.25, -0.2) is 0 Å². The number of benzene rings is 1. The minimum Gasteiger partial charge on any atom is -0.494 e. The number of aromatic nitrogens is 2. The molecule has 0 atom stereocenters. The molecular weight excluding hydrogens is 250 g/mol. The van der Waals surface area contributed by atoms with E-state index in [1.165, 1.54) is 16.8 Å². The smallest absolute Gasteiger partial charge is 0.119 e. The molecule has 4 nitrogen and oxygen atoms in total. The molecule has 1 N–H and O–H groups in total. The van der Waals surface area contributed by atoms with Gasteiger partial charge in [-0.3, -0.25) is 4.68 Å². The average molecular weight is 273 g/mol. The van der Waals surface area contributed by atoms with Gasteiger partial charge in [0.2, 0.25) is 0 Å². The van der Waals surface area contributed by atoms with Gasteiger partial charge in [0, 0.05) is 31.9 Å². The van der Waals surface area contributed by atoms with E-state index >= 15 is 0 Å². The molecule has 20 heavy (non-hydrogen) atoms. The van der Waals surface area contributed by atoms with Crippen LogP contribution in [0, 0.1) is 0 Å². The van der Waals surface area contributed by atoms with E-state index in [-0.39, 0.29) is 0 Å². The van der Waals surface area contributed by atoms with Crippen LogP contribution in [0.4, 0.5) is 0 Å². The zero-order valence-electron chi connectivity index (χ0n) is 12.5. The first-order valence-electron chi connectivity index (χ1n) is 7.16. The maximum atomic E-state index is 5.44. The van der Waals surface area contributed by atoms with Crippen LogP contribution in [0.5, 0.6) is 5.75 Å². The Balaban J connectivity index is 1.86. The average Bonchev–Trinajstić information content (AvgIpc) is 2.81. The molecule has 0 spiro atoms. The van der Waals surface area contributed by atoms with Crippen LogP contribution in [0.1, 0.15) is 30.7 Å². The van der Waals surface area contributed by atoms with E-state index in [0.29, 0.717) is 6.61 Å². The molecule has 4 heteroatoms. The zero-order chi connectivity index (χ0) is 14.4. The van der Waals surface area contributed by atoms with Crippen LogP contribution in [0.2, 0.25) is 0 Å². The summed E-state index contributed by atoms with van der Waals surface area (Å²) in [6.07, 6.45) is 3.06. The molecule has 0 bridgehead atoms. The van der Waals surface area contributed by atoms with Crippen molar-refractivity contribution in [3.63, 3.8) is 0 Å². The Hall–Kier alpha value is -1.81. The molecule has 1 heterocycles. The van der Waals surface area contributed by atoms with Gasteiger partial charge in [-0.05, 0) is 31.0 Å². The van der Waals surface area contributed by atoms with Crippen molar-refractivity contribution in [1.29, 1.82) is 0 Å². The SMILES string of the molecule is CCOc1ccc(CNCc2cn(C)nc2CC)cc1. The summed E-state index contributed by atoms with van der Waals surface area (Å²) in [4.78, 5) is 0. The predicted molar refractivity (Wildman–Crippen MR) is 80.7 cm³/mol. The molecule has 0 aliphatic heterocycles. The summed E-state index contributed by atoms with van der Waals surface area (Å²) in [5.74, 6) is 0.928. The van der Waals surface area contributed by atoms with Gasteiger partial charge in [-0.1, -0.05) is 19.1 Å². The Kier molecular flexibility index (Phi) is 5.18. The minimum absolute atomic E-state index is 0.707. The molecular formula is C16H23N3O. The van der Waals surface area contributed by atoms with Crippen LogP contribution in [0.25, 0.3) is 0 Å². The maximum Gasteiger partial charge on any atom is 0.119 e. The van der Waals surface area contributed by atoms with Gasteiger partial charge in [0.1, 0.15) is 5.75 Å². The number of rotatable bonds is 7. The van der Waals surface area contributed by atoms with Gasteiger partial charge in [0.25, 0.3) is 0 Å². The van der Waals surface area contributed by atoms with Crippen molar-refractivity contribution in [2.45, 2.75) is 33.4 Å². The third kappa shape index (κ3) is 3.84. The summed E-state index contributed by atoms with van der Waals surface area (Å²) in [6, 6.07) is 8.23. The lowest BCUT2D eigenvalue weighted by molar-refractivity contribution is 0.340. The highest BCUT2D eigenvalue weighted by atomic mass is 16.5. The lowest BCUT2D eigenvalue weighted by Crippen LogP contribution is -2.13. The van der Waals surface area contributed by atoms with Crippen molar-refractivity contribution in [2.24, 2.45) is 7.05 Å². The number of aryl methyl sites for hydroxylation is 2. The Morgan fingerprint density at radius 1 is 1.15 bits per heavy atom. The topological polar surface area (TPSA) is 39.1 Å². The van der Waals surface area contributed by atoms with Gasteiger partial charge in [0.15, 0.2) is 0 Å². The fraction of sp³-hybridized carbons (Fsp3) is 0.438. The molecule has 0 saturated heterocycles. The molecule has 1 aromatic carbocycles. The molecule has 0 aliphatic carbocycles. The summed E-state index contributed by atoms with van der Waals surface area (Å²) in [5, 5.41) is 7.91. The maximum absolute atomic E-state index is 5.44. The van der Waals surface area contributed by atoms with Crippen LogP contribution >= 0.6 is 0 Å². The predicted octanol–water partition coefficient (Wildman–Crippen LogP) is 2.67. The second-order valence-electron chi connectivity index (χ2n) is 4.81. The van der Waals surface area contributed by atoms with Crippen molar-refractivity contribution in [3.05, 3.63) is 47.3 Å². The Morgan fingerprint density at radius 2 is 1.90 bits per heavy atom. The Bertz CT molecular complexity index is 531. The monoisotopic (exact) mass is 273 g/mol. The van der Waals surface area contributed by atoms with Crippen LogP contribution in [-0.2, 0) is 26.6 Å². The van der Waals surface area contributed by atoms with E-state index in [1.54, 1.807) is 0 Å². The van der Waals surface area contributed by atoms with Crippen molar-refractivity contribution in [3.8, 4) is 5.75 Å². The van der Waals surface area contributed by atoms with E-state index < -0.39 is 0 Å². The normalized spacial score (nSPS) is 10.8. The highest BCUT2D eigenvalue weighted by molar-refractivity contribution is 5.27. The minimum atomic E-state index is 0.707. The molecule has 0 saturated carbocycles. The molecule has 1 aromatic heterocycles. The number of ether oxygens (including phenoxy) is 1. The number of nitrogens with one attached hydrogen (secondary N) is 1. The highest BCUT2D eigenvalue weighted by Gasteiger charge is 2.05. The van der Waals surface area contributed by atoms with Crippen molar-refractivity contribution in [1.82, 2.24) is 15.1 Å². The third-order valence-electron chi connectivity index (χ3n) is 3.21. The molecule has 0 radical (unpaired) electrons. The number of nitrogens with zero attached hydrogens (tertiary/aromatic N) is 2. The quantitative estimate of drug-likeness (QED) is 0.843. The molecule has 0 fully saturated rings. The van der Waals surface area contributed by atoms with Crippen LogP contribution in [0.15, 0.2) is 30.5 Å². The summed E-state index contributed by atoms with van der Waals surface area (Å²) in [7, 11) is 1.97. The van der Waals surface area contributed by atoms with E-state index in [0.717, 1.165) is 25.3 Å². The summed E-state index contributed by atoms with van der Waals surface area (Å²) in [6.45, 7) is 6.54. The van der Waals surface area contributed by atoms with Gasteiger partial charge in [0.05, 0.1) is 12.3 Å². The summed E-state index contributed by atoms with van der Waals surface area (Å²) >= 11 is 0. The van der Waals surface area contributed by atoms with Crippen molar-refractivity contribution in [2.75, 3.05) is 6.61 Å². The standard InChI is InChI=1S/C16H23N3O/c1-4-16-14(12-19(3)18-16)11-17-10-13-6-8-15(9-7-13)20-5-2/h6-9,12,17H,4-5,10-11H2,1-3H3. The molecule has 0 amide bonds. The molecule has 2 aromatic rings. The molecule has 2 rings (SSSR count). The van der Waals surface area contributed by atoms with Crippen molar-refractivity contribution < 1.29 is 4.74 Å². The summed E-state index contributed by atoms with van der Waals surface area (Å²) < 4.78 is 7.32. The summed E-state index contributed by atoms with van der Waals surface area (Å²) in [5.41, 5.74) is 3.71. The lowest BCUT2D eigenvalue weighted by atomic mass is 10.2. The number of hydrogen-bond donors (Lipinski definition) is 1. The first kappa shape index (κ1) is 14.6. The Labute approximate surface area is 120 Å². The van der Waals surface area contributed by atoms with Gasteiger partial charge < -0.3 is 10.1 Å². The van der Waals surface area contributed by atoms with E-state index in [9.17, 15) is 0 Å². The van der Waals surface area contributed by atoms with Gasteiger partial charge in [-0.2, -0.15) is 5.10 Å².